The van der Waals surface area contributed by atoms with Gasteiger partial charge >= 0.3 is 0 Å². The van der Waals surface area contributed by atoms with E-state index in [1.807, 2.05) is 18.2 Å². The number of halogens is 1. The summed E-state index contributed by atoms with van der Waals surface area (Å²) in [6.45, 7) is 2.25. The average molecular weight is 248 g/mol. The van der Waals surface area contributed by atoms with Gasteiger partial charge in [0, 0.05) is 11.6 Å². The summed E-state index contributed by atoms with van der Waals surface area (Å²) in [5, 5.41) is 8.49. The normalized spacial score (nSPS) is 22.7. The molecule has 17 heavy (non-hydrogen) atoms. The van der Waals surface area contributed by atoms with Gasteiger partial charge in [0.1, 0.15) is 5.82 Å². The standard InChI is InChI=1S/C13H14ClN3/c1-9-7-11(9)13-16-15-12(8-14)17(13)10-5-3-2-4-6-10/h2-6,9,11H,7-8H2,1H3. The van der Waals surface area contributed by atoms with E-state index in [0.717, 1.165) is 17.3 Å². The predicted molar refractivity (Wildman–Crippen MR) is 67.4 cm³/mol. The predicted octanol–water partition coefficient (Wildman–Crippen LogP) is 3.13. The number of hydrogen-bond donors (Lipinski definition) is 0. The summed E-state index contributed by atoms with van der Waals surface area (Å²) in [4.78, 5) is 0. The van der Waals surface area contributed by atoms with Crippen LogP contribution >= 0.6 is 11.6 Å². The molecule has 0 N–H and O–H groups in total. The fourth-order valence-electron chi connectivity index (χ4n) is 2.20. The van der Waals surface area contributed by atoms with Crippen molar-refractivity contribution in [1.82, 2.24) is 14.8 Å². The molecule has 1 aliphatic carbocycles. The third-order valence-electron chi connectivity index (χ3n) is 3.33. The van der Waals surface area contributed by atoms with Crippen LogP contribution in [0.4, 0.5) is 0 Å². The first-order valence-corrected chi connectivity index (χ1v) is 6.40. The lowest BCUT2D eigenvalue weighted by Gasteiger charge is -2.08. The molecule has 0 spiro atoms. The first-order valence-electron chi connectivity index (χ1n) is 5.87. The highest BCUT2D eigenvalue weighted by Gasteiger charge is 2.38. The van der Waals surface area contributed by atoms with Crippen molar-refractivity contribution in [2.45, 2.75) is 25.1 Å². The fraction of sp³-hybridized carbons (Fsp3) is 0.385. The van der Waals surface area contributed by atoms with Crippen LogP contribution in [0.5, 0.6) is 0 Å². The highest BCUT2D eigenvalue weighted by Crippen LogP contribution is 2.46. The molecule has 2 unspecified atom stereocenters. The summed E-state index contributed by atoms with van der Waals surface area (Å²) in [5.74, 6) is 3.53. The maximum atomic E-state index is 5.93. The van der Waals surface area contributed by atoms with Crippen LogP contribution in [0.2, 0.25) is 0 Å². The van der Waals surface area contributed by atoms with E-state index in [0.29, 0.717) is 17.7 Å². The molecule has 2 aromatic rings. The van der Waals surface area contributed by atoms with Gasteiger partial charge in [-0.15, -0.1) is 21.8 Å². The Morgan fingerprint density at radius 3 is 2.59 bits per heavy atom. The van der Waals surface area contributed by atoms with E-state index in [-0.39, 0.29) is 0 Å². The summed E-state index contributed by atoms with van der Waals surface area (Å²) in [6.07, 6.45) is 1.20. The van der Waals surface area contributed by atoms with Crippen LogP contribution in [0.15, 0.2) is 30.3 Å². The molecule has 0 amide bonds. The summed E-state index contributed by atoms with van der Waals surface area (Å²) in [6, 6.07) is 10.2. The minimum atomic E-state index is 0.392. The van der Waals surface area contributed by atoms with Crippen molar-refractivity contribution >= 4 is 11.6 Å². The first kappa shape index (κ1) is 10.8. The lowest BCUT2D eigenvalue weighted by molar-refractivity contribution is 0.804. The number of nitrogens with zero attached hydrogens (tertiary/aromatic N) is 3. The number of rotatable bonds is 3. The molecule has 0 aliphatic heterocycles. The van der Waals surface area contributed by atoms with Crippen molar-refractivity contribution in [2.75, 3.05) is 0 Å². The number of benzene rings is 1. The van der Waals surface area contributed by atoms with Crippen LogP contribution in [0.1, 0.15) is 30.9 Å². The van der Waals surface area contributed by atoms with Gasteiger partial charge in [-0.25, -0.2) is 0 Å². The highest BCUT2D eigenvalue weighted by molar-refractivity contribution is 6.16. The van der Waals surface area contributed by atoms with Crippen molar-refractivity contribution in [1.29, 1.82) is 0 Å². The fourth-order valence-corrected chi connectivity index (χ4v) is 2.37. The Hall–Kier alpha value is -1.35. The zero-order valence-electron chi connectivity index (χ0n) is 9.68. The van der Waals surface area contributed by atoms with Gasteiger partial charge < -0.3 is 0 Å². The molecule has 1 fully saturated rings. The van der Waals surface area contributed by atoms with Gasteiger partial charge in [0.15, 0.2) is 5.82 Å². The molecule has 0 saturated heterocycles. The number of alkyl halides is 1. The van der Waals surface area contributed by atoms with Crippen molar-refractivity contribution in [2.24, 2.45) is 5.92 Å². The van der Waals surface area contributed by atoms with Gasteiger partial charge in [-0.2, -0.15) is 0 Å². The quantitative estimate of drug-likeness (QED) is 0.781. The summed E-state index contributed by atoms with van der Waals surface area (Å²) in [5.41, 5.74) is 1.10. The zero-order valence-corrected chi connectivity index (χ0v) is 10.4. The molecule has 1 heterocycles. The molecule has 1 aromatic carbocycles. The monoisotopic (exact) mass is 247 g/mol. The molecule has 88 valence electrons. The molecule has 2 atom stereocenters. The van der Waals surface area contributed by atoms with Crippen LogP contribution in [-0.4, -0.2) is 14.8 Å². The van der Waals surface area contributed by atoms with Crippen LogP contribution < -0.4 is 0 Å². The molecule has 1 aliphatic rings. The second kappa shape index (κ2) is 4.15. The summed E-state index contributed by atoms with van der Waals surface area (Å²) >= 11 is 5.93. The number of para-hydroxylation sites is 1. The lowest BCUT2D eigenvalue weighted by Crippen LogP contribution is -2.03. The van der Waals surface area contributed by atoms with Gasteiger partial charge in [-0.1, -0.05) is 25.1 Å². The number of hydrogen-bond acceptors (Lipinski definition) is 2. The van der Waals surface area contributed by atoms with E-state index in [1.165, 1.54) is 6.42 Å². The Kier molecular flexibility index (Phi) is 2.63. The maximum absolute atomic E-state index is 5.93. The van der Waals surface area contributed by atoms with E-state index < -0.39 is 0 Å². The van der Waals surface area contributed by atoms with Crippen molar-refractivity contribution in [3.05, 3.63) is 42.0 Å². The molecular weight excluding hydrogens is 234 g/mol. The molecule has 0 radical (unpaired) electrons. The van der Waals surface area contributed by atoms with Gasteiger partial charge in [0.25, 0.3) is 0 Å². The lowest BCUT2D eigenvalue weighted by atomic mass is 10.2. The Morgan fingerprint density at radius 2 is 2.00 bits per heavy atom. The van der Waals surface area contributed by atoms with Gasteiger partial charge in [-0.3, -0.25) is 4.57 Å². The Morgan fingerprint density at radius 1 is 1.29 bits per heavy atom. The van der Waals surface area contributed by atoms with Crippen molar-refractivity contribution < 1.29 is 0 Å². The maximum Gasteiger partial charge on any atom is 0.152 e. The molecule has 3 rings (SSSR count). The largest absolute Gasteiger partial charge is 0.282 e. The summed E-state index contributed by atoms with van der Waals surface area (Å²) in [7, 11) is 0. The molecule has 1 aromatic heterocycles. The van der Waals surface area contributed by atoms with Crippen LogP contribution in [0.25, 0.3) is 5.69 Å². The topological polar surface area (TPSA) is 30.7 Å². The summed E-state index contributed by atoms with van der Waals surface area (Å²) < 4.78 is 2.10. The van der Waals surface area contributed by atoms with Gasteiger partial charge in [0.05, 0.1) is 5.88 Å². The van der Waals surface area contributed by atoms with Crippen molar-refractivity contribution in [3.63, 3.8) is 0 Å². The van der Waals surface area contributed by atoms with Crippen LogP contribution in [0, 0.1) is 5.92 Å². The third kappa shape index (κ3) is 1.84. The van der Waals surface area contributed by atoms with Crippen molar-refractivity contribution in [3.8, 4) is 5.69 Å². The van der Waals surface area contributed by atoms with Gasteiger partial charge in [0.2, 0.25) is 0 Å². The van der Waals surface area contributed by atoms with Crippen LogP contribution in [0.3, 0.4) is 0 Å². The van der Waals surface area contributed by atoms with E-state index in [1.54, 1.807) is 0 Å². The third-order valence-corrected chi connectivity index (χ3v) is 3.57. The minimum absolute atomic E-state index is 0.392. The Labute approximate surface area is 105 Å². The SMILES string of the molecule is CC1CC1c1nnc(CCl)n1-c1ccccc1. The molecule has 3 nitrogen and oxygen atoms in total. The van der Waals surface area contributed by atoms with Crippen LogP contribution in [-0.2, 0) is 5.88 Å². The number of aromatic nitrogens is 3. The second-order valence-electron chi connectivity index (χ2n) is 4.60. The first-order chi connectivity index (χ1) is 8.31. The highest BCUT2D eigenvalue weighted by atomic mass is 35.5. The smallest absolute Gasteiger partial charge is 0.152 e. The average Bonchev–Trinajstić information content (AvgIpc) is 2.94. The molecule has 0 bridgehead atoms. The zero-order chi connectivity index (χ0) is 11.8. The Bertz CT molecular complexity index is 521. The van der Waals surface area contributed by atoms with E-state index in [9.17, 15) is 0 Å². The molecular formula is C13H14ClN3. The molecule has 1 saturated carbocycles. The van der Waals surface area contributed by atoms with E-state index in [2.05, 4.69) is 33.8 Å². The second-order valence-corrected chi connectivity index (χ2v) is 4.87. The van der Waals surface area contributed by atoms with E-state index >= 15 is 0 Å². The van der Waals surface area contributed by atoms with E-state index in [4.69, 9.17) is 11.6 Å². The minimum Gasteiger partial charge on any atom is -0.282 e. The molecule has 4 heteroatoms. The Balaban J connectivity index is 2.10. The van der Waals surface area contributed by atoms with Gasteiger partial charge in [-0.05, 0) is 24.5 Å².